The SMILES string of the molecule is COc1c(F)ccc(Br)c1C(C)=O. The van der Waals surface area contributed by atoms with E-state index in [1.165, 1.54) is 26.2 Å². The van der Waals surface area contributed by atoms with E-state index in [-0.39, 0.29) is 17.1 Å². The lowest BCUT2D eigenvalue weighted by Crippen LogP contribution is -2.01. The molecular formula is C9H8BrFO2. The minimum absolute atomic E-state index is 0.0122. The van der Waals surface area contributed by atoms with Crippen LogP contribution in [0.15, 0.2) is 16.6 Å². The van der Waals surface area contributed by atoms with Crippen molar-refractivity contribution in [2.45, 2.75) is 6.92 Å². The van der Waals surface area contributed by atoms with E-state index in [2.05, 4.69) is 15.9 Å². The van der Waals surface area contributed by atoms with Crippen molar-refractivity contribution in [1.29, 1.82) is 0 Å². The van der Waals surface area contributed by atoms with E-state index in [1.54, 1.807) is 0 Å². The van der Waals surface area contributed by atoms with E-state index in [4.69, 9.17) is 4.74 Å². The summed E-state index contributed by atoms with van der Waals surface area (Å²) >= 11 is 3.16. The molecule has 0 spiro atoms. The van der Waals surface area contributed by atoms with Crippen LogP contribution in [0.3, 0.4) is 0 Å². The summed E-state index contributed by atoms with van der Waals surface area (Å²) in [6.45, 7) is 1.36. The first-order valence-electron chi connectivity index (χ1n) is 3.61. The predicted octanol–water partition coefficient (Wildman–Crippen LogP) is 2.80. The number of benzene rings is 1. The molecule has 1 rings (SSSR count). The van der Waals surface area contributed by atoms with Gasteiger partial charge in [0.2, 0.25) is 0 Å². The van der Waals surface area contributed by atoms with Crippen LogP contribution in [-0.2, 0) is 0 Å². The molecule has 0 aliphatic rings. The fourth-order valence-electron chi connectivity index (χ4n) is 1.06. The van der Waals surface area contributed by atoms with Crippen molar-refractivity contribution in [3.05, 3.63) is 28.0 Å². The van der Waals surface area contributed by atoms with Gasteiger partial charge in [0.25, 0.3) is 0 Å². The average Bonchev–Trinajstić information content (AvgIpc) is 2.07. The average molecular weight is 247 g/mol. The molecule has 70 valence electrons. The van der Waals surface area contributed by atoms with Crippen LogP contribution in [0.2, 0.25) is 0 Å². The first kappa shape index (κ1) is 10.2. The Bertz CT molecular complexity index is 350. The molecule has 0 fully saturated rings. The second-order valence-electron chi connectivity index (χ2n) is 2.49. The molecule has 0 N–H and O–H groups in total. The van der Waals surface area contributed by atoms with Crippen LogP contribution in [0.5, 0.6) is 5.75 Å². The number of ether oxygens (including phenoxy) is 1. The molecule has 0 saturated heterocycles. The maximum absolute atomic E-state index is 13.1. The van der Waals surface area contributed by atoms with Crippen molar-refractivity contribution in [3.8, 4) is 5.75 Å². The van der Waals surface area contributed by atoms with Crippen molar-refractivity contribution in [2.24, 2.45) is 0 Å². The minimum atomic E-state index is -0.532. The van der Waals surface area contributed by atoms with Gasteiger partial charge in [-0.2, -0.15) is 0 Å². The Hall–Kier alpha value is -0.900. The number of Topliss-reactive ketones (excluding diaryl/α,β-unsaturated/α-hetero) is 1. The Balaban J connectivity index is 3.43. The largest absolute Gasteiger partial charge is 0.493 e. The zero-order chi connectivity index (χ0) is 10.0. The second-order valence-corrected chi connectivity index (χ2v) is 3.35. The van der Waals surface area contributed by atoms with Gasteiger partial charge in [0.15, 0.2) is 17.3 Å². The van der Waals surface area contributed by atoms with Gasteiger partial charge in [0, 0.05) is 4.47 Å². The maximum atomic E-state index is 13.1. The third-order valence-corrected chi connectivity index (χ3v) is 2.28. The summed E-state index contributed by atoms with van der Waals surface area (Å²) in [5.74, 6) is -0.777. The number of hydrogen-bond acceptors (Lipinski definition) is 2. The van der Waals surface area contributed by atoms with Crippen molar-refractivity contribution >= 4 is 21.7 Å². The van der Waals surface area contributed by atoms with Crippen molar-refractivity contribution in [3.63, 3.8) is 0 Å². The molecule has 4 heteroatoms. The van der Waals surface area contributed by atoms with Crippen molar-refractivity contribution < 1.29 is 13.9 Å². The Kier molecular flexibility index (Phi) is 3.03. The molecule has 0 aliphatic heterocycles. The molecule has 13 heavy (non-hydrogen) atoms. The second kappa shape index (κ2) is 3.87. The first-order valence-corrected chi connectivity index (χ1v) is 4.40. The summed E-state index contributed by atoms with van der Waals surface area (Å²) in [4.78, 5) is 11.1. The van der Waals surface area contributed by atoms with Crippen LogP contribution in [-0.4, -0.2) is 12.9 Å². The topological polar surface area (TPSA) is 26.3 Å². The molecule has 0 atom stereocenters. The highest BCUT2D eigenvalue weighted by Gasteiger charge is 2.16. The molecule has 0 aliphatic carbocycles. The number of halogens is 2. The highest BCUT2D eigenvalue weighted by atomic mass is 79.9. The number of hydrogen-bond donors (Lipinski definition) is 0. The molecule has 0 bridgehead atoms. The third-order valence-electron chi connectivity index (χ3n) is 1.61. The normalized spacial score (nSPS) is 9.85. The molecule has 0 aromatic heterocycles. The van der Waals surface area contributed by atoms with Crippen LogP contribution < -0.4 is 4.74 Å². The van der Waals surface area contributed by atoms with Crippen LogP contribution in [0.1, 0.15) is 17.3 Å². The molecule has 1 aromatic rings. The lowest BCUT2D eigenvalue weighted by atomic mass is 10.1. The third kappa shape index (κ3) is 1.88. The Labute approximate surface area is 83.8 Å². The quantitative estimate of drug-likeness (QED) is 0.751. The Morgan fingerprint density at radius 1 is 1.54 bits per heavy atom. The van der Waals surface area contributed by atoms with E-state index in [0.717, 1.165) is 0 Å². The van der Waals surface area contributed by atoms with Crippen LogP contribution in [0, 0.1) is 5.82 Å². The zero-order valence-electron chi connectivity index (χ0n) is 7.23. The summed E-state index contributed by atoms with van der Waals surface area (Å²) in [6.07, 6.45) is 0. The number of methoxy groups -OCH3 is 1. The molecule has 0 unspecified atom stereocenters. The highest BCUT2D eigenvalue weighted by Crippen LogP contribution is 2.29. The summed E-state index contributed by atoms with van der Waals surface area (Å²) in [6, 6.07) is 2.73. The first-order chi connectivity index (χ1) is 6.07. The van der Waals surface area contributed by atoms with Gasteiger partial charge in [-0.25, -0.2) is 4.39 Å². The van der Waals surface area contributed by atoms with Gasteiger partial charge < -0.3 is 4.74 Å². The fourth-order valence-corrected chi connectivity index (χ4v) is 1.65. The summed E-state index contributed by atoms with van der Waals surface area (Å²) in [7, 11) is 1.33. The van der Waals surface area contributed by atoms with Gasteiger partial charge in [0.05, 0.1) is 12.7 Å². The van der Waals surface area contributed by atoms with Gasteiger partial charge in [-0.15, -0.1) is 0 Å². The standard InChI is InChI=1S/C9H8BrFO2/c1-5(12)8-6(10)3-4-7(11)9(8)13-2/h3-4H,1-2H3. The monoisotopic (exact) mass is 246 g/mol. The Morgan fingerprint density at radius 2 is 2.15 bits per heavy atom. The lowest BCUT2D eigenvalue weighted by Gasteiger charge is -2.08. The molecular weight excluding hydrogens is 239 g/mol. The van der Waals surface area contributed by atoms with Gasteiger partial charge in [-0.05, 0) is 35.0 Å². The molecule has 0 heterocycles. The lowest BCUT2D eigenvalue weighted by molar-refractivity contribution is 0.101. The predicted molar refractivity (Wildman–Crippen MR) is 50.7 cm³/mol. The smallest absolute Gasteiger partial charge is 0.166 e. The van der Waals surface area contributed by atoms with Gasteiger partial charge in [-0.1, -0.05) is 0 Å². The summed E-state index contributed by atoms with van der Waals surface area (Å²) in [5, 5.41) is 0. The minimum Gasteiger partial charge on any atom is -0.493 e. The number of rotatable bonds is 2. The molecule has 2 nitrogen and oxygen atoms in total. The molecule has 0 radical (unpaired) electrons. The van der Waals surface area contributed by atoms with E-state index in [1.807, 2.05) is 0 Å². The van der Waals surface area contributed by atoms with E-state index >= 15 is 0 Å². The van der Waals surface area contributed by atoms with Crippen LogP contribution >= 0.6 is 15.9 Å². The fraction of sp³-hybridized carbons (Fsp3) is 0.222. The van der Waals surface area contributed by atoms with E-state index in [9.17, 15) is 9.18 Å². The molecule has 0 amide bonds. The zero-order valence-corrected chi connectivity index (χ0v) is 8.81. The number of carbonyl (C=O) groups excluding carboxylic acids is 1. The van der Waals surface area contributed by atoms with Crippen molar-refractivity contribution in [1.82, 2.24) is 0 Å². The molecule has 1 aromatic carbocycles. The van der Waals surface area contributed by atoms with Gasteiger partial charge in [-0.3, -0.25) is 4.79 Å². The summed E-state index contributed by atoms with van der Waals surface area (Å²) < 4.78 is 18.4. The van der Waals surface area contributed by atoms with Crippen LogP contribution in [0.25, 0.3) is 0 Å². The van der Waals surface area contributed by atoms with E-state index in [0.29, 0.717) is 4.47 Å². The summed E-state index contributed by atoms with van der Waals surface area (Å²) in [5.41, 5.74) is 0.238. The maximum Gasteiger partial charge on any atom is 0.166 e. The molecule has 0 saturated carbocycles. The number of ketones is 1. The van der Waals surface area contributed by atoms with Crippen molar-refractivity contribution in [2.75, 3.05) is 7.11 Å². The van der Waals surface area contributed by atoms with E-state index < -0.39 is 5.82 Å². The van der Waals surface area contributed by atoms with Gasteiger partial charge in [0.1, 0.15) is 0 Å². The van der Waals surface area contributed by atoms with Gasteiger partial charge >= 0.3 is 0 Å². The van der Waals surface area contributed by atoms with Crippen LogP contribution in [0.4, 0.5) is 4.39 Å². The highest BCUT2D eigenvalue weighted by molar-refractivity contribution is 9.10. The Morgan fingerprint density at radius 3 is 2.54 bits per heavy atom. The number of carbonyl (C=O) groups is 1.